The number of aryl methyl sites for hydroxylation is 1. The number of nitrogens with zero attached hydrogens (tertiary/aromatic N) is 1. The van der Waals surface area contributed by atoms with E-state index in [1.54, 1.807) is 6.07 Å². The van der Waals surface area contributed by atoms with E-state index < -0.39 is 10.7 Å². The van der Waals surface area contributed by atoms with E-state index in [1.165, 1.54) is 12.1 Å². The summed E-state index contributed by atoms with van der Waals surface area (Å²) in [6, 6.07) is 10.8. The molecule has 0 aliphatic heterocycles. The monoisotopic (exact) mass is 261 g/mol. The summed E-state index contributed by atoms with van der Waals surface area (Å²) >= 11 is 0. The molecule has 5 heteroatoms. The van der Waals surface area contributed by atoms with Crippen molar-refractivity contribution < 1.29 is 14.1 Å². The molecule has 0 spiro atoms. The molecule has 0 saturated carbocycles. The summed E-state index contributed by atoms with van der Waals surface area (Å²) in [6.45, 7) is 2.02. The van der Waals surface area contributed by atoms with Crippen LogP contribution in [0.4, 0.5) is 10.1 Å². The molecule has 2 rings (SSSR count). The van der Waals surface area contributed by atoms with Gasteiger partial charge in [-0.3, -0.25) is 10.1 Å². The number of hydrogen-bond donors (Lipinski definition) is 0. The van der Waals surface area contributed by atoms with Crippen molar-refractivity contribution in [3.63, 3.8) is 0 Å². The van der Waals surface area contributed by atoms with Gasteiger partial charge in [0.1, 0.15) is 18.2 Å². The van der Waals surface area contributed by atoms with Gasteiger partial charge in [-0.2, -0.15) is 0 Å². The Morgan fingerprint density at radius 2 is 2.05 bits per heavy atom. The largest absolute Gasteiger partial charge is 0.489 e. The molecule has 0 atom stereocenters. The molecule has 0 heterocycles. The van der Waals surface area contributed by atoms with E-state index in [9.17, 15) is 14.5 Å². The summed E-state index contributed by atoms with van der Waals surface area (Å²) in [6.07, 6.45) is 0. The van der Waals surface area contributed by atoms with Crippen molar-refractivity contribution in [2.24, 2.45) is 0 Å². The van der Waals surface area contributed by atoms with Gasteiger partial charge in [0.25, 0.3) is 5.69 Å². The molecule has 0 saturated heterocycles. The first-order chi connectivity index (χ1) is 9.04. The summed E-state index contributed by atoms with van der Waals surface area (Å²) in [5, 5.41) is 10.6. The highest BCUT2D eigenvalue weighted by molar-refractivity contribution is 5.35. The smallest absolute Gasteiger partial charge is 0.272 e. The molecule has 0 aliphatic rings. The van der Waals surface area contributed by atoms with Gasteiger partial charge in [0.2, 0.25) is 0 Å². The van der Waals surface area contributed by atoms with E-state index in [-0.39, 0.29) is 12.3 Å². The van der Waals surface area contributed by atoms with Crippen molar-refractivity contribution in [3.05, 3.63) is 69.5 Å². The van der Waals surface area contributed by atoms with E-state index in [4.69, 9.17) is 4.74 Å². The predicted octanol–water partition coefficient (Wildman–Crippen LogP) is 3.62. The van der Waals surface area contributed by atoms with Gasteiger partial charge in [-0.15, -0.1) is 0 Å². The van der Waals surface area contributed by atoms with Crippen LogP contribution in [-0.4, -0.2) is 4.92 Å². The zero-order valence-electron chi connectivity index (χ0n) is 10.3. The molecule has 19 heavy (non-hydrogen) atoms. The molecule has 0 fully saturated rings. The molecule has 0 N–H and O–H groups in total. The fourth-order valence-corrected chi connectivity index (χ4v) is 1.69. The van der Waals surface area contributed by atoms with Gasteiger partial charge in [-0.1, -0.05) is 12.1 Å². The SMILES string of the molecule is Cc1cccc(OCc2cc(F)cc([N+](=O)[O-])c2)c1. The number of rotatable bonds is 4. The van der Waals surface area contributed by atoms with Crippen molar-refractivity contribution in [1.82, 2.24) is 0 Å². The Morgan fingerprint density at radius 3 is 2.74 bits per heavy atom. The second-order valence-electron chi connectivity index (χ2n) is 4.18. The fourth-order valence-electron chi connectivity index (χ4n) is 1.69. The number of benzene rings is 2. The van der Waals surface area contributed by atoms with Crippen LogP contribution in [0.25, 0.3) is 0 Å². The van der Waals surface area contributed by atoms with Crippen LogP contribution in [-0.2, 0) is 6.61 Å². The Labute approximate surface area is 109 Å². The molecule has 0 unspecified atom stereocenters. The second-order valence-corrected chi connectivity index (χ2v) is 4.18. The summed E-state index contributed by atoms with van der Waals surface area (Å²) in [7, 11) is 0. The van der Waals surface area contributed by atoms with Gasteiger partial charge < -0.3 is 4.74 Å². The zero-order chi connectivity index (χ0) is 13.8. The molecule has 2 aromatic rings. The van der Waals surface area contributed by atoms with Crippen molar-refractivity contribution in [1.29, 1.82) is 0 Å². The highest BCUT2D eigenvalue weighted by atomic mass is 19.1. The molecular weight excluding hydrogens is 249 g/mol. The van der Waals surface area contributed by atoms with Crippen LogP contribution in [0.3, 0.4) is 0 Å². The molecule has 0 bridgehead atoms. The fraction of sp³-hybridized carbons (Fsp3) is 0.143. The van der Waals surface area contributed by atoms with Gasteiger partial charge in [-0.25, -0.2) is 4.39 Å². The van der Waals surface area contributed by atoms with Crippen molar-refractivity contribution in [2.75, 3.05) is 0 Å². The molecule has 98 valence electrons. The average molecular weight is 261 g/mol. The molecule has 4 nitrogen and oxygen atoms in total. The molecule has 0 aromatic heterocycles. The third kappa shape index (κ3) is 3.51. The topological polar surface area (TPSA) is 52.4 Å². The van der Waals surface area contributed by atoms with Crippen molar-refractivity contribution in [2.45, 2.75) is 13.5 Å². The molecule has 0 amide bonds. The van der Waals surface area contributed by atoms with Gasteiger partial charge in [0, 0.05) is 6.07 Å². The van der Waals surface area contributed by atoms with Crippen LogP contribution in [0.2, 0.25) is 0 Å². The highest BCUT2D eigenvalue weighted by Crippen LogP contribution is 2.19. The summed E-state index contributed by atoms with van der Waals surface area (Å²) < 4.78 is 18.7. The molecule has 0 radical (unpaired) electrons. The normalized spacial score (nSPS) is 10.2. The third-order valence-corrected chi connectivity index (χ3v) is 2.55. The Balaban J connectivity index is 2.13. The minimum Gasteiger partial charge on any atom is -0.489 e. The third-order valence-electron chi connectivity index (χ3n) is 2.55. The minimum atomic E-state index is -0.642. The second kappa shape index (κ2) is 5.48. The number of halogens is 1. The highest BCUT2D eigenvalue weighted by Gasteiger charge is 2.10. The number of nitro benzene ring substituents is 1. The Bertz CT molecular complexity index is 613. The number of nitro groups is 1. The van der Waals surface area contributed by atoms with Crippen LogP contribution >= 0.6 is 0 Å². The van der Waals surface area contributed by atoms with Gasteiger partial charge in [0.15, 0.2) is 0 Å². The van der Waals surface area contributed by atoms with Gasteiger partial charge in [0.05, 0.1) is 11.0 Å². The maximum atomic E-state index is 13.2. The summed E-state index contributed by atoms with van der Waals surface area (Å²) in [5.74, 6) is 0.00366. The van der Waals surface area contributed by atoms with Crippen LogP contribution in [0.15, 0.2) is 42.5 Å². The molecule has 2 aromatic carbocycles. The lowest BCUT2D eigenvalue weighted by molar-refractivity contribution is -0.385. The van der Waals surface area contributed by atoms with Crippen molar-refractivity contribution >= 4 is 5.69 Å². The summed E-state index contributed by atoms with van der Waals surface area (Å²) in [5.41, 5.74) is 1.19. The maximum Gasteiger partial charge on any atom is 0.272 e. The van der Waals surface area contributed by atoms with Gasteiger partial charge >= 0.3 is 0 Å². The van der Waals surface area contributed by atoms with Crippen LogP contribution in [0.5, 0.6) is 5.75 Å². The Morgan fingerprint density at radius 1 is 1.26 bits per heavy atom. The number of hydrogen-bond acceptors (Lipinski definition) is 3. The first-order valence-corrected chi connectivity index (χ1v) is 5.68. The number of non-ortho nitro benzene ring substituents is 1. The first kappa shape index (κ1) is 13.0. The Hall–Kier alpha value is -2.43. The van der Waals surface area contributed by atoms with Gasteiger partial charge in [-0.05, 0) is 36.2 Å². The van der Waals surface area contributed by atoms with E-state index in [2.05, 4.69) is 0 Å². The quantitative estimate of drug-likeness (QED) is 0.624. The van der Waals surface area contributed by atoms with Crippen LogP contribution in [0, 0.1) is 22.9 Å². The average Bonchev–Trinajstić information content (AvgIpc) is 2.36. The lowest BCUT2D eigenvalue weighted by Gasteiger charge is -2.07. The maximum absolute atomic E-state index is 13.2. The standard InChI is InChI=1S/C14H12FNO3/c1-10-3-2-4-14(5-10)19-9-11-6-12(15)8-13(7-11)16(17)18/h2-8H,9H2,1H3. The first-order valence-electron chi connectivity index (χ1n) is 5.68. The minimum absolute atomic E-state index is 0.0854. The molecule has 0 aliphatic carbocycles. The summed E-state index contributed by atoms with van der Waals surface area (Å²) in [4.78, 5) is 10.00. The Kier molecular flexibility index (Phi) is 3.75. The van der Waals surface area contributed by atoms with Crippen LogP contribution in [0.1, 0.15) is 11.1 Å². The number of ether oxygens (including phenoxy) is 1. The van der Waals surface area contributed by atoms with E-state index in [0.717, 1.165) is 11.6 Å². The van der Waals surface area contributed by atoms with E-state index in [1.807, 2.05) is 25.1 Å². The lowest BCUT2D eigenvalue weighted by Crippen LogP contribution is -1.98. The van der Waals surface area contributed by atoms with Crippen molar-refractivity contribution in [3.8, 4) is 5.75 Å². The molecular formula is C14H12FNO3. The van der Waals surface area contributed by atoms with E-state index in [0.29, 0.717) is 11.3 Å². The van der Waals surface area contributed by atoms with Crippen LogP contribution < -0.4 is 4.74 Å². The van der Waals surface area contributed by atoms with E-state index >= 15 is 0 Å². The predicted molar refractivity (Wildman–Crippen MR) is 68.6 cm³/mol. The zero-order valence-corrected chi connectivity index (χ0v) is 10.3. The lowest BCUT2D eigenvalue weighted by atomic mass is 10.2.